The molecule has 1 aliphatic rings. The average Bonchev–Trinajstić information content (AvgIpc) is 2.79. The van der Waals surface area contributed by atoms with E-state index in [0.717, 1.165) is 47.8 Å². The second-order valence-electron chi connectivity index (χ2n) is 6.36. The van der Waals surface area contributed by atoms with Crippen molar-refractivity contribution in [1.29, 1.82) is 0 Å². The van der Waals surface area contributed by atoms with E-state index in [2.05, 4.69) is 10.4 Å². The summed E-state index contributed by atoms with van der Waals surface area (Å²) < 4.78 is 13.2. The van der Waals surface area contributed by atoms with Crippen LogP contribution >= 0.6 is 0 Å². The van der Waals surface area contributed by atoms with Crippen molar-refractivity contribution in [3.8, 4) is 11.5 Å². The minimum atomic E-state index is 0.0497. The van der Waals surface area contributed by atoms with Crippen LogP contribution in [0.3, 0.4) is 0 Å². The maximum Gasteiger partial charge on any atom is 0.220 e. The molecule has 1 amide bonds. The third-order valence-electron chi connectivity index (χ3n) is 4.18. The topological polar surface area (TPSA) is 65.4 Å². The number of fused-ring (bicyclic) bond motifs is 1. The van der Waals surface area contributed by atoms with Gasteiger partial charge in [-0.25, -0.2) is 0 Å². The molecule has 0 saturated heterocycles. The number of nitrogens with zero attached hydrogens (tertiary/aromatic N) is 2. The van der Waals surface area contributed by atoms with Crippen molar-refractivity contribution in [2.24, 2.45) is 0 Å². The van der Waals surface area contributed by atoms with E-state index in [-0.39, 0.29) is 5.91 Å². The molecule has 0 unspecified atom stereocenters. The zero-order valence-electron chi connectivity index (χ0n) is 14.9. The molecule has 6 nitrogen and oxygen atoms in total. The molecule has 0 bridgehead atoms. The van der Waals surface area contributed by atoms with E-state index in [0.29, 0.717) is 26.2 Å². The Balaban J connectivity index is 1.44. The summed E-state index contributed by atoms with van der Waals surface area (Å²) in [5, 5.41) is 7.37. The highest BCUT2D eigenvalue weighted by molar-refractivity contribution is 5.75. The van der Waals surface area contributed by atoms with E-state index in [1.807, 2.05) is 42.8 Å². The van der Waals surface area contributed by atoms with Crippen molar-refractivity contribution in [2.45, 2.75) is 46.2 Å². The van der Waals surface area contributed by atoms with Gasteiger partial charge in [-0.05, 0) is 44.0 Å². The van der Waals surface area contributed by atoms with Crippen LogP contribution in [0.1, 0.15) is 36.2 Å². The number of amides is 1. The lowest BCUT2D eigenvalue weighted by Crippen LogP contribution is -2.23. The second kappa shape index (κ2) is 8.05. The fraction of sp³-hybridized carbons (Fsp3) is 0.474. The molecule has 2 heterocycles. The first-order valence-electron chi connectivity index (χ1n) is 8.78. The summed E-state index contributed by atoms with van der Waals surface area (Å²) in [6.45, 7) is 6.61. The van der Waals surface area contributed by atoms with E-state index in [1.54, 1.807) is 0 Å². The minimum Gasteiger partial charge on any atom is -0.490 e. The largest absolute Gasteiger partial charge is 0.490 e. The van der Waals surface area contributed by atoms with Crippen molar-refractivity contribution >= 4 is 5.91 Å². The molecular weight excluding hydrogens is 318 g/mol. The SMILES string of the molecule is Cc1cc(C)n(CCCC(=O)NCc2ccc3c(c2)OCCCO3)n1. The zero-order valence-corrected chi connectivity index (χ0v) is 14.9. The minimum absolute atomic E-state index is 0.0497. The van der Waals surface area contributed by atoms with Crippen LogP contribution < -0.4 is 14.8 Å². The van der Waals surface area contributed by atoms with Gasteiger partial charge in [0.1, 0.15) is 0 Å². The van der Waals surface area contributed by atoms with Crippen LogP contribution in [0.25, 0.3) is 0 Å². The first kappa shape index (κ1) is 17.3. The van der Waals surface area contributed by atoms with E-state index < -0.39 is 0 Å². The lowest BCUT2D eigenvalue weighted by atomic mass is 10.2. The molecule has 6 heteroatoms. The van der Waals surface area contributed by atoms with Gasteiger partial charge in [-0.1, -0.05) is 6.07 Å². The fourth-order valence-electron chi connectivity index (χ4n) is 2.90. The molecule has 0 fully saturated rings. The van der Waals surface area contributed by atoms with E-state index >= 15 is 0 Å². The van der Waals surface area contributed by atoms with Gasteiger partial charge in [0.15, 0.2) is 11.5 Å². The Morgan fingerprint density at radius 1 is 1.20 bits per heavy atom. The van der Waals surface area contributed by atoms with E-state index in [9.17, 15) is 4.79 Å². The molecule has 1 aromatic heterocycles. The molecule has 25 heavy (non-hydrogen) atoms. The average molecular weight is 343 g/mol. The first-order valence-corrected chi connectivity index (χ1v) is 8.78. The van der Waals surface area contributed by atoms with Crippen LogP contribution in [-0.4, -0.2) is 28.9 Å². The third kappa shape index (κ3) is 4.75. The molecule has 0 spiro atoms. The van der Waals surface area contributed by atoms with Gasteiger partial charge in [-0.3, -0.25) is 9.48 Å². The zero-order chi connectivity index (χ0) is 17.6. The maximum absolute atomic E-state index is 12.0. The molecule has 0 saturated carbocycles. The Labute approximate surface area is 148 Å². The first-order chi connectivity index (χ1) is 12.1. The van der Waals surface area contributed by atoms with Gasteiger partial charge in [0.25, 0.3) is 0 Å². The standard InChI is InChI=1S/C19H25N3O3/c1-14-11-15(2)22(21-14)8-3-5-19(23)20-13-16-6-7-17-18(12-16)25-10-4-9-24-17/h6-7,11-12H,3-5,8-10,13H2,1-2H3,(H,20,23). The lowest BCUT2D eigenvalue weighted by molar-refractivity contribution is -0.121. The number of benzene rings is 1. The Morgan fingerprint density at radius 2 is 2.00 bits per heavy atom. The number of aryl methyl sites for hydroxylation is 3. The number of carbonyl (C=O) groups excluding carboxylic acids is 1. The highest BCUT2D eigenvalue weighted by atomic mass is 16.5. The van der Waals surface area contributed by atoms with Crippen molar-refractivity contribution in [3.05, 3.63) is 41.2 Å². The van der Waals surface area contributed by atoms with Gasteiger partial charge in [-0.2, -0.15) is 5.10 Å². The quantitative estimate of drug-likeness (QED) is 0.876. The molecule has 0 aliphatic carbocycles. The molecule has 1 N–H and O–H groups in total. The predicted molar refractivity (Wildman–Crippen MR) is 94.8 cm³/mol. The predicted octanol–water partition coefficient (Wildman–Crippen LogP) is 2.76. The monoisotopic (exact) mass is 343 g/mol. The van der Waals surface area contributed by atoms with Gasteiger partial charge in [-0.15, -0.1) is 0 Å². The van der Waals surface area contributed by atoms with Crippen LogP contribution in [0.15, 0.2) is 24.3 Å². The summed E-state index contributed by atoms with van der Waals surface area (Å²) in [6.07, 6.45) is 2.15. The summed E-state index contributed by atoms with van der Waals surface area (Å²) in [7, 11) is 0. The van der Waals surface area contributed by atoms with Crippen molar-refractivity contribution < 1.29 is 14.3 Å². The van der Waals surface area contributed by atoms with Gasteiger partial charge < -0.3 is 14.8 Å². The highest BCUT2D eigenvalue weighted by Gasteiger charge is 2.11. The molecule has 1 aliphatic heterocycles. The molecule has 0 radical (unpaired) electrons. The number of nitrogens with one attached hydrogen (secondary N) is 1. The summed E-state index contributed by atoms with van der Waals surface area (Å²) in [6, 6.07) is 7.86. The highest BCUT2D eigenvalue weighted by Crippen LogP contribution is 2.30. The lowest BCUT2D eigenvalue weighted by Gasteiger charge is -2.10. The molecule has 2 aromatic rings. The number of carbonyl (C=O) groups is 1. The van der Waals surface area contributed by atoms with Gasteiger partial charge in [0.2, 0.25) is 5.91 Å². The van der Waals surface area contributed by atoms with Gasteiger partial charge in [0.05, 0.1) is 18.9 Å². The fourth-order valence-corrected chi connectivity index (χ4v) is 2.90. The molecular formula is C19H25N3O3. The van der Waals surface area contributed by atoms with Crippen molar-refractivity contribution in [1.82, 2.24) is 15.1 Å². The second-order valence-corrected chi connectivity index (χ2v) is 6.36. The van der Waals surface area contributed by atoms with E-state index in [1.165, 1.54) is 0 Å². The maximum atomic E-state index is 12.0. The Hall–Kier alpha value is -2.50. The number of hydrogen-bond donors (Lipinski definition) is 1. The number of ether oxygens (including phenoxy) is 2. The number of aromatic nitrogens is 2. The van der Waals surface area contributed by atoms with Crippen LogP contribution in [0, 0.1) is 13.8 Å². The molecule has 1 aromatic carbocycles. The smallest absolute Gasteiger partial charge is 0.220 e. The third-order valence-corrected chi connectivity index (χ3v) is 4.18. The van der Waals surface area contributed by atoms with Crippen molar-refractivity contribution in [2.75, 3.05) is 13.2 Å². The van der Waals surface area contributed by atoms with Gasteiger partial charge >= 0.3 is 0 Å². The van der Waals surface area contributed by atoms with E-state index in [4.69, 9.17) is 9.47 Å². The summed E-state index contributed by atoms with van der Waals surface area (Å²) >= 11 is 0. The van der Waals surface area contributed by atoms with Crippen LogP contribution in [-0.2, 0) is 17.9 Å². The summed E-state index contributed by atoms with van der Waals surface area (Å²) in [4.78, 5) is 12.0. The number of rotatable bonds is 6. The van der Waals surface area contributed by atoms with Crippen LogP contribution in [0.2, 0.25) is 0 Å². The molecule has 3 rings (SSSR count). The Bertz CT molecular complexity index is 740. The van der Waals surface area contributed by atoms with Crippen LogP contribution in [0.4, 0.5) is 0 Å². The van der Waals surface area contributed by atoms with Gasteiger partial charge in [0, 0.05) is 31.6 Å². The van der Waals surface area contributed by atoms with Crippen molar-refractivity contribution in [3.63, 3.8) is 0 Å². The summed E-state index contributed by atoms with van der Waals surface area (Å²) in [5.41, 5.74) is 3.15. The normalized spacial score (nSPS) is 13.4. The Morgan fingerprint density at radius 3 is 2.76 bits per heavy atom. The molecule has 0 atom stereocenters. The summed E-state index contributed by atoms with van der Waals surface area (Å²) in [5.74, 6) is 1.58. The van der Waals surface area contributed by atoms with Crippen LogP contribution in [0.5, 0.6) is 11.5 Å². The number of hydrogen-bond acceptors (Lipinski definition) is 4. The Kier molecular flexibility index (Phi) is 5.58. The molecule has 134 valence electrons.